The molecule has 86 valence electrons. The maximum Gasteiger partial charge on any atom is 0.0991 e. The molecular weight excluding hydrogens is 240 g/mol. The normalized spacial score (nSPS) is 10.4. The fourth-order valence-corrected chi connectivity index (χ4v) is 2.75. The van der Waals surface area contributed by atoms with Gasteiger partial charge in [0.15, 0.2) is 0 Å². The van der Waals surface area contributed by atoms with E-state index >= 15 is 0 Å². The Kier molecular flexibility index (Phi) is 2.79. The summed E-state index contributed by atoms with van der Waals surface area (Å²) < 4.78 is 2.12. The van der Waals surface area contributed by atoms with E-state index in [0.29, 0.717) is 5.56 Å². The Morgan fingerprint density at radius 3 is 2.61 bits per heavy atom. The second kappa shape index (κ2) is 4.59. The minimum atomic E-state index is 0.699. The van der Waals surface area contributed by atoms with E-state index in [1.54, 1.807) is 11.9 Å². The summed E-state index contributed by atoms with van der Waals surface area (Å²) in [5, 5.41) is 9.97. The lowest BCUT2D eigenvalue weighted by atomic mass is 10.2. The van der Waals surface area contributed by atoms with E-state index < -0.39 is 0 Å². The summed E-state index contributed by atoms with van der Waals surface area (Å²) in [6, 6.07) is 20.2. The van der Waals surface area contributed by atoms with Crippen molar-refractivity contribution in [2.45, 2.75) is 4.90 Å². The lowest BCUT2D eigenvalue weighted by molar-refractivity contribution is 1.32. The summed E-state index contributed by atoms with van der Waals surface area (Å²) in [5.41, 5.74) is 1.83. The molecule has 3 aromatic rings. The van der Waals surface area contributed by atoms with Crippen LogP contribution in [-0.2, 0) is 0 Å². The number of rotatable bonds is 2. The maximum atomic E-state index is 8.88. The molecule has 0 fully saturated rings. The highest BCUT2D eigenvalue weighted by molar-refractivity contribution is 7.98. The lowest BCUT2D eigenvalue weighted by Gasteiger charge is -2.04. The first-order valence-corrected chi connectivity index (χ1v) is 6.39. The van der Waals surface area contributed by atoms with E-state index in [0.717, 1.165) is 10.9 Å². The van der Waals surface area contributed by atoms with Crippen molar-refractivity contribution in [3.8, 4) is 6.07 Å². The van der Waals surface area contributed by atoms with Gasteiger partial charge in [0.25, 0.3) is 0 Å². The summed E-state index contributed by atoms with van der Waals surface area (Å²) >= 11 is 1.67. The molecule has 0 bridgehead atoms. The fraction of sp³-hybridized carbons (Fsp3) is 0. The van der Waals surface area contributed by atoms with Gasteiger partial charge in [-0.25, -0.2) is 0 Å². The topological polar surface area (TPSA) is 28.7 Å². The van der Waals surface area contributed by atoms with Crippen molar-refractivity contribution in [3.63, 3.8) is 0 Å². The second-order valence-electron chi connectivity index (χ2n) is 3.93. The van der Waals surface area contributed by atoms with Gasteiger partial charge in [-0.1, -0.05) is 18.2 Å². The molecule has 0 radical (unpaired) electrons. The second-order valence-corrected chi connectivity index (χ2v) is 4.98. The van der Waals surface area contributed by atoms with E-state index in [1.165, 1.54) is 4.90 Å². The van der Waals surface area contributed by atoms with Gasteiger partial charge < -0.3 is 0 Å². The first kappa shape index (κ1) is 10.9. The predicted molar refractivity (Wildman–Crippen MR) is 74.4 cm³/mol. The van der Waals surface area contributed by atoms with Gasteiger partial charge in [0.05, 0.1) is 17.1 Å². The van der Waals surface area contributed by atoms with Crippen LogP contribution in [0.25, 0.3) is 10.9 Å². The molecule has 0 unspecified atom stereocenters. The van der Waals surface area contributed by atoms with Gasteiger partial charge in [-0.05, 0) is 48.3 Å². The molecule has 0 aliphatic carbocycles. The summed E-state index contributed by atoms with van der Waals surface area (Å²) in [6.45, 7) is 0. The van der Waals surface area contributed by atoms with Crippen molar-refractivity contribution in [1.82, 2.24) is 3.97 Å². The Morgan fingerprint density at radius 2 is 1.83 bits per heavy atom. The largest absolute Gasteiger partial charge is 0.287 e. The van der Waals surface area contributed by atoms with Crippen LogP contribution < -0.4 is 0 Å². The molecule has 3 rings (SSSR count). The predicted octanol–water partition coefficient (Wildman–Crippen LogP) is 4.07. The third kappa shape index (κ3) is 1.99. The highest BCUT2D eigenvalue weighted by Gasteiger charge is 2.03. The summed E-state index contributed by atoms with van der Waals surface area (Å²) in [5.74, 6) is 0. The lowest BCUT2D eigenvalue weighted by Crippen LogP contribution is -1.84. The Hall–Kier alpha value is -2.18. The average molecular weight is 250 g/mol. The molecule has 0 saturated carbocycles. The quantitative estimate of drug-likeness (QED) is 0.686. The van der Waals surface area contributed by atoms with Crippen LogP contribution in [0.3, 0.4) is 0 Å². The zero-order valence-corrected chi connectivity index (χ0v) is 10.4. The molecule has 0 atom stereocenters. The van der Waals surface area contributed by atoms with Crippen molar-refractivity contribution < 1.29 is 0 Å². The first-order valence-electron chi connectivity index (χ1n) is 5.61. The van der Waals surface area contributed by atoms with Crippen LogP contribution in [0, 0.1) is 11.3 Å². The smallest absolute Gasteiger partial charge is 0.0991 e. The molecule has 1 heterocycles. The highest BCUT2D eigenvalue weighted by Crippen LogP contribution is 2.26. The molecule has 2 nitrogen and oxygen atoms in total. The third-order valence-electron chi connectivity index (χ3n) is 2.73. The zero-order valence-electron chi connectivity index (χ0n) is 9.58. The minimum Gasteiger partial charge on any atom is -0.287 e. The third-order valence-corrected chi connectivity index (χ3v) is 3.73. The van der Waals surface area contributed by atoms with Crippen LogP contribution in [0.4, 0.5) is 0 Å². The molecule has 0 N–H and O–H groups in total. The first-order chi connectivity index (χ1) is 8.86. The molecule has 0 aliphatic heterocycles. The summed E-state index contributed by atoms with van der Waals surface area (Å²) in [6.07, 6.45) is 2.03. The van der Waals surface area contributed by atoms with Gasteiger partial charge >= 0.3 is 0 Å². The van der Waals surface area contributed by atoms with Gasteiger partial charge in [-0.3, -0.25) is 3.97 Å². The van der Waals surface area contributed by atoms with Crippen molar-refractivity contribution in [3.05, 3.63) is 66.4 Å². The van der Waals surface area contributed by atoms with Crippen LogP contribution in [0.1, 0.15) is 5.56 Å². The summed E-state index contributed by atoms with van der Waals surface area (Å²) in [7, 11) is 0. The Bertz CT molecular complexity index is 723. The van der Waals surface area contributed by atoms with Crippen LogP contribution in [0.5, 0.6) is 0 Å². The van der Waals surface area contributed by atoms with Crippen molar-refractivity contribution in [2.75, 3.05) is 0 Å². The van der Waals surface area contributed by atoms with Gasteiger partial charge in [-0.15, -0.1) is 0 Å². The van der Waals surface area contributed by atoms with Crippen molar-refractivity contribution in [2.24, 2.45) is 0 Å². The zero-order chi connectivity index (χ0) is 12.4. The van der Waals surface area contributed by atoms with E-state index in [2.05, 4.69) is 22.2 Å². The van der Waals surface area contributed by atoms with E-state index in [-0.39, 0.29) is 0 Å². The summed E-state index contributed by atoms with van der Waals surface area (Å²) in [4.78, 5) is 1.19. The van der Waals surface area contributed by atoms with E-state index in [9.17, 15) is 0 Å². The Balaban J connectivity index is 2.01. The molecule has 1 aromatic heterocycles. The fourth-order valence-electron chi connectivity index (χ4n) is 1.86. The number of hydrogen-bond donors (Lipinski definition) is 0. The standard InChI is InChI=1S/C15H10N2S/c16-11-12-6-7-15-13(10-12)8-9-17(15)18-14-4-2-1-3-5-14/h1-10H. The Labute approximate surface area is 110 Å². The van der Waals surface area contributed by atoms with Crippen LogP contribution in [0.2, 0.25) is 0 Å². The molecule has 2 aromatic carbocycles. The van der Waals surface area contributed by atoms with Crippen LogP contribution >= 0.6 is 11.9 Å². The average Bonchev–Trinajstić information content (AvgIpc) is 2.82. The molecule has 18 heavy (non-hydrogen) atoms. The van der Waals surface area contributed by atoms with E-state index in [1.807, 2.05) is 48.7 Å². The molecule has 0 amide bonds. The Morgan fingerprint density at radius 1 is 1.00 bits per heavy atom. The maximum absolute atomic E-state index is 8.88. The number of nitriles is 1. The van der Waals surface area contributed by atoms with Crippen LogP contribution in [0.15, 0.2) is 65.7 Å². The number of hydrogen-bond acceptors (Lipinski definition) is 2. The van der Waals surface area contributed by atoms with Gasteiger partial charge in [-0.2, -0.15) is 5.26 Å². The molecule has 0 spiro atoms. The molecular formula is C15H10N2S. The van der Waals surface area contributed by atoms with Crippen LogP contribution in [-0.4, -0.2) is 3.97 Å². The number of nitrogens with zero attached hydrogens (tertiary/aromatic N) is 2. The minimum absolute atomic E-state index is 0.699. The highest BCUT2D eigenvalue weighted by atomic mass is 32.2. The molecule has 3 heteroatoms. The van der Waals surface area contributed by atoms with E-state index in [4.69, 9.17) is 5.26 Å². The number of fused-ring (bicyclic) bond motifs is 1. The van der Waals surface area contributed by atoms with Crippen molar-refractivity contribution >= 4 is 22.9 Å². The van der Waals surface area contributed by atoms with Gasteiger partial charge in [0.2, 0.25) is 0 Å². The SMILES string of the molecule is N#Cc1ccc2c(ccn2Sc2ccccc2)c1. The van der Waals surface area contributed by atoms with Gasteiger partial charge in [0.1, 0.15) is 0 Å². The van der Waals surface area contributed by atoms with Crippen molar-refractivity contribution in [1.29, 1.82) is 5.26 Å². The molecule has 0 saturated heterocycles. The number of aromatic nitrogens is 1. The number of benzene rings is 2. The van der Waals surface area contributed by atoms with Gasteiger partial charge in [0, 0.05) is 16.5 Å². The molecule has 0 aliphatic rings. The monoisotopic (exact) mass is 250 g/mol.